The summed E-state index contributed by atoms with van der Waals surface area (Å²) in [7, 11) is 2.02. The monoisotopic (exact) mass is 326 g/mol. The number of aryl methyl sites for hydroxylation is 2. The van der Waals surface area contributed by atoms with Gasteiger partial charge in [-0.05, 0) is 36.7 Å². The van der Waals surface area contributed by atoms with Crippen molar-refractivity contribution in [2.75, 3.05) is 11.5 Å². The Kier molecular flexibility index (Phi) is 4.79. The van der Waals surface area contributed by atoms with Crippen molar-refractivity contribution in [1.82, 2.24) is 19.3 Å². The average Bonchev–Trinajstić information content (AvgIpc) is 3.00. The number of hydrogen-bond donors (Lipinski definition) is 0. The van der Waals surface area contributed by atoms with Crippen LogP contribution in [0.5, 0.6) is 0 Å². The molecule has 3 heterocycles. The highest BCUT2D eigenvalue weighted by Crippen LogP contribution is 2.28. The Morgan fingerprint density at radius 2 is 2.10 bits per heavy atom. The van der Waals surface area contributed by atoms with Gasteiger partial charge in [-0.2, -0.15) is 16.9 Å². The van der Waals surface area contributed by atoms with Crippen molar-refractivity contribution < 1.29 is 0 Å². The van der Waals surface area contributed by atoms with Gasteiger partial charge in [0.2, 0.25) is 0 Å². The molecule has 2 aromatic heterocycles. The Bertz CT molecular complexity index is 613. The number of imidazole rings is 1. The summed E-state index contributed by atoms with van der Waals surface area (Å²) >= 11 is 8.21. The normalized spacial score (nSPS) is 16.9. The summed E-state index contributed by atoms with van der Waals surface area (Å²) in [5.41, 5.74) is 3.31. The second-order valence-electron chi connectivity index (χ2n) is 5.82. The van der Waals surface area contributed by atoms with Crippen LogP contribution in [0.1, 0.15) is 37.7 Å². The first-order valence-electron chi connectivity index (χ1n) is 7.79. The Labute approximate surface area is 135 Å². The van der Waals surface area contributed by atoms with Crippen molar-refractivity contribution in [2.45, 2.75) is 45.0 Å². The standard InChI is InChI=1S/C15H23ClN4S/c1-3-4-12-14-15(19(2)18-12)20(13(9-16)17-14)10-11-5-7-21-8-6-11/h11H,3-10H2,1-2H3. The van der Waals surface area contributed by atoms with Gasteiger partial charge < -0.3 is 4.57 Å². The minimum absolute atomic E-state index is 0.474. The molecule has 116 valence electrons. The molecular formula is C15H23ClN4S. The molecule has 0 amide bonds. The topological polar surface area (TPSA) is 35.6 Å². The van der Waals surface area contributed by atoms with E-state index in [1.165, 1.54) is 24.3 Å². The summed E-state index contributed by atoms with van der Waals surface area (Å²) in [5, 5.41) is 4.65. The maximum atomic E-state index is 6.14. The van der Waals surface area contributed by atoms with Crippen molar-refractivity contribution in [3.63, 3.8) is 0 Å². The molecule has 0 saturated carbocycles. The summed E-state index contributed by atoms with van der Waals surface area (Å²) < 4.78 is 4.30. The van der Waals surface area contributed by atoms with Crippen LogP contribution in [0.3, 0.4) is 0 Å². The van der Waals surface area contributed by atoms with Gasteiger partial charge in [0, 0.05) is 13.6 Å². The first-order chi connectivity index (χ1) is 10.2. The largest absolute Gasteiger partial charge is 0.312 e. The van der Waals surface area contributed by atoms with Crippen LogP contribution in [0.25, 0.3) is 11.2 Å². The van der Waals surface area contributed by atoms with Gasteiger partial charge in [0.25, 0.3) is 0 Å². The summed E-state index contributed by atoms with van der Waals surface area (Å²) in [4.78, 5) is 4.78. The van der Waals surface area contributed by atoms with Crippen LogP contribution in [-0.4, -0.2) is 30.8 Å². The van der Waals surface area contributed by atoms with Gasteiger partial charge in [-0.25, -0.2) is 4.98 Å². The number of aromatic nitrogens is 4. The zero-order chi connectivity index (χ0) is 14.8. The van der Waals surface area contributed by atoms with E-state index in [4.69, 9.17) is 16.6 Å². The van der Waals surface area contributed by atoms with E-state index in [2.05, 4.69) is 28.4 Å². The molecule has 0 atom stereocenters. The molecule has 0 N–H and O–H groups in total. The molecule has 1 fully saturated rings. The lowest BCUT2D eigenvalue weighted by Crippen LogP contribution is -2.18. The molecule has 1 saturated heterocycles. The molecule has 0 radical (unpaired) electrons. The van der Waals surface area contributed by atoms with Crippen molar-refractivity contribution in [3.8, 4) is 0 Å². The van der Waals surface area contributed by atoms with E-state index >= 15 is 0 Å². The fourth-order valence-electron chi connectivity index (χ4n) is 3.17. The number of fused-ring (bicyclic) bond motifs is 1. The van der Waals surface area contributed by atoms with E-state index in [0.717, 1.165) is 48.0 Å². The highest BCUT2D eigenvalue weighted by atomic mass is 35.5. The predicted molar refractivity (Wildman–Crippen MR) is 90.1 cm³/mol. The second kappa shape index (κ2) is 6.61. The van der Waals surface area contributed by atoms with Crippen LogP contribution >= 0.6 is 23.4 Å². The number of alkyl halides is 1. The third-order valence-corrected chi connectivity index (χ3v) is 5.55. The van der Waals surface area contributed by atoms with Crippen LogP contribution in [0.15, 0.2) is 0 Å². The maximum absolute atomic E-state index is 6.14. The van der Waals surface area contributed by atoms with E-state index in [1.807, 2.05) is 11.7 Å². The van der Waals surface area contributed by atoms with Crippen LogP contribution in [0, 0.1) is 5.92 Å². The molecule has 6 heteroatoms. The number of nitrogens with zero attached hydrogens (tertiary/aromatic N) is 4. The summed E-state index contributed by atoms with van der Waals surface area (Å²) in [6, 6.07) is 0. The van der Waals surface area contributed by atoms with E-state index in [9.17, 15) is 0 Å². The Hall–Kier alpha value is -0.680. The Balaban J connectivity index is 1.98. The lowest BCUT2D eigenvalue weighted by atomic mass is 10.0. The third kappa shape index (κ3) is 2.95. The predicted octanol–water partition coefficient (Wildman–Crippen LogP) is 3.60. The molecule has 21 heavy (non-hydrogen) atoms. The molecule has 4 nitrogen and oxygen atoms in total. The van der Waals surface area contributed by atoms with Crippen molar-refractivity contribution in [1.29, 1.82) is 0 Å². The molecular weight excluding hydrogens is 304 g/mol. The second-order valence-corrected chi connectivity index (χ2v) is 7.31. The van der Waals surface area contributed by atoms with Gasteiger partial charge in [0.05, 0.1) is 11.6 Å². The summed E-state index contributed by atoms with van der Waals surface area (Å²) in [5.74, 6) is 4.78. The summed E-state index contributed by atoms with van der Waals surface area (Å²) in [6.07, 6.45) is 4.67. The first kappa shape index (κ1) is 15.2. The molecule has 0 aliphatic carbocycles. The number of thioether (sulfide) groups is 1. The lowest BCUT2D eigenvalue weighted by Gasteiger charge is -2.22. The SMILES string of the molecule is CCCc1nn(C)c2c1nc(CCl)n2CC1CCSCC1. The number of rotatable bonds is 5. The van der Waals surface area contributed by atoms with Gasteiger partial charge >= 0.3 is 0 Å². The van der Waals surface area contributed by atoms with Crippen LogP contribution in [0.4, 0.5) is 0 Å². The molecule has 1 aliphatic heterocycles. The van der Waals surface area contributed by atoms with Gasteiger partial charge in [0.15, 0.2) is 5.65 Å². The minimum Gasteiger partial charge on any atom is -0.312 e. The maximum Gasteiger partial charge on any atom is 0.158 e. The van der Waals surface area contributed by atoms with Crippen molar-refractivity contribution in [3.05, 3.63) is 11.5 Å². The molecule has 0 aromatic carbocycles. The quantitative estimate of drug-likeness (QED) is 0.787. The first-order valence-corrected chi connectivity index (χ1v) is 9.48. The average molecular weight is 327 g/mol. The lowest BCUT2D eigenvalue weighted by molar-refractivity contribution is 0.414. The summed E-state index contributed by atoms with van der Waals surface area (Å²) in [6.45, 7) is 3.21. The molecule has 0 unspecified atom stereocenters. The van der Waals surface area contributed by atoms with Crippen molar-refractivity contribution in [2.24, 2.45) is 13.0 Å². The minimum atomic E-state index is 0.474. The van der Waals surface area contributed by atoms with Crippen LogP contribution in [-0.2, 0) is 25.9 Å². The van der Waals surface area contributed by atoms with Crippen LogP contribution < -0.4 is 0 Å². The zero-order valence-electron chi connectivity index (χ0n) is 12.8. The van der Waals surface area contributed by atoms with E-state index in [1.54, 1.807) is 0 Å². The molecule has 2 aromatic rings. The van der Waals surface area contributed by atoms with E-state index in [0.29, 0.717) is 5.88 Å². The van der Waals surface area contributed by atoms with Gasteiger partial charge in [-0.1, -0.05) is 13.3 Å². The van der Waals surface area contributed by atoms with E-state index < -0.39 is 0 Å². The number of halogens is 1. The van der Waals surface area contributed by atoms with Crippen molar-refractivity contribution >= 4 is 34.5 Å². The van der Waals surface area contributed by atoms with Gasteiger partial charge in [-0.15, -0.1) is 11.6 Å². The number of hydrogen-bond acceptors (Lipinski definition) is 3. The molecule has 1 aliphatic rings. The highest BCUT2D eigenvalue weighted by Gasteiger charge is 2.22. The van der Waals surface area contributed by atoms with E-state index in [-0.39, 0.29) is 0 Å². The smallest absolute Gasteiger partial charge is 0.158 e. The zero-order valence-corrected chi connectivity index (χ0v) is 14.4. The Morgan fingerprint density at radius 1 is 1.33 bits per heavy atom. The Morgan fingerprint density at radius 3 is 2.76 bits per heavy atom. The highest BCUT2D eigenvalue weighted by molar-refractivity contribution is 7.99. The van der Waals surface area contributed by atoms with Gasteiger partial charge in [0.1, 0.15) is 11.3 Å². The molecule has 0 bridgehead atoms. The third-order valence-electron chi connectivity index (χ3n) is 4.26. The van der Waals surface area contributed by atoms with Gasteiger partial charge in [-0.3, -0.25) is 4.68 Å². The molecule has 0 spiro atoms. The fraction of sp³-hybridized carbons (Fsp3) is 0.733. The fourth-order valence-corrected chi connectivity index (χ4v) is 4.58. The molecule has 3 rings (SSSR count). The van der Waals surface area contributed by atoms with Crippen LogP contribution in [0.2, 0.25) is 0 Å².